The summed E-state index contributed by atoms with van der Waals surface area (Å²) in [6.45, 7) is 5.38. The number of hydrogen-bond donors (Lipinski definition) is 3. The summed E-state index contributed by atoms with van der Waals surface area (Å²) < 4.78 is 8.65. The molecule has 0 unspecified atom stereocenters. The average Bonchev–Trinajstić information content (AvgIpc) is 3.83. The topological polar surface area (TPSA) is 211 Å². The van der Waals surface area contributed by atoms with Gasteiger partial charge in [-0.25, -0.2) is 24.4 Å². The number of carboxylic acids is 2. The van der Waals surface area contributed by atoms with E-state index in [-0.39, 0.29) is 27.0 Å². The number of rotatable bonds is 10. The number of hydrogen-bond acceptors (Lipinski definition) is 13. The quantitative estimate of drug-likeness (QED) is 0.129. The van der Waals surface area contributed by atoms with Crippen LogP contribution in [0.1, 0.15) is 86.5 Å². The van der Waals surface area contributed by atoms with Gasteiger partial charge in [-0.3, -0.25) is 14.5 Å². The lowest BCUT2D eigenvalue weighted by Gasteiger charge is -2.27. The lowest BCUT2D eigenvalue weighted by molar-refractivity contribution is 0.0574. The van der Waals surface area contributed by atoms with Crippen LogP contribution in [0.5, 0.6) is 0 Å². The summed E-state index contributed by atoms with van der Waals surface area (Å²) in [7, 11) is 0. The minimum atomic E-state index is -1.03. The molecule has 0 saturated heterocycles. The fraction of sp³-hybridized carbons (Fsp3) is 0.286. The maximum atomic E-state index is 13.0. The molecule has 53 heavy (non-hydrogen) atoms. The van der Waals surface area contributed by atoms with E-state index in [1.165, 1.54) is 27.9 Å². The summed E-state index contributed by atoms with van der Waals surface area (Å²) in [5.41, 5.74) is 1.83. The van der Waals surface area contributed by atoms with Crippen LogP contribution in [-0.2, 0) is 4.74 Å². The van der Waals surface area contributed by atoms with Crippen LogP contribution in [0.25, 0.3) is 32.4 Å². The molecule has 0 atom stereocenters. The molecule has 0 aromatic carbocycles. The lowest BCUT2D eigenvalue weighted by atomic mass is 10.2. The van der Waals surface area contributed by atoms with Crippen molar-refractivity contribution in [2.45, 2.75) is 64.1 Å². The van der Waals surface area contributed by atoms with Gasteiger partial charge in [0.25, 0.3) is 0 Å². The Kier molecular flexibility index (Phi) is 9.25. The Morgan fingerprint density at radius 2 is 1.36 bits per heavy atom. The summed E-state index contributed by atoms with van der Waals surface area (Å²) in [4.78, 5) is 70.3. The summed E-state index contributed by atoms with van der Waals surface area (Å²) >= 11 is 2.22. The second-order valence-corrected chi connectivity index (χ2v) is 15.5. The van der Waals surface area contributed by atoms with Gasteiger partial charge in [0, 0.05) is 24.2 Å². The third kappa shape index (κ3) is 7.49. The predicted molar refractivity (Wildman–Crippen MR) is 196 cm³/mol. The van der Waals surface area contributed by atoms with Crippen molar-refractivity contribution in [2.24, 2.45) is 0 Å². The summed E-state index contributed by atoms with van der Waals surface area (Å²) in [6, 6.07) is 10.3. The first-order chi connectivity index (χ1) is 25.3. The number of carboxylic acid groups (broad SMARTS) is 2. The Bertz CT molecular complexity index is 2410. The SMILES string of the molecule is CC(C)(C)OC(=O)N(c1cc(-c2ccc(C(=O)O)s2)nc2c(C=O)cnn12)C1CC1.O=Cc1cnn2c(NC3CC3)cc(-c3ccc(C(=O)O)s3)nc12. The van der Waals surface area contributed by atoms with Gasteiger partial charge in [-0.1, -0.05) is 0 Å². The minimum absolute atomic E-state index is 0.0416. The number of aromatic carboxylic acids is 2. The van der Waals surface area contributed by atoms with Gasteiger partial charge in [-0.15, -0.1) is 22.7 Å². The second kappa shape index (κ2) is 13.8. The van der Waals surface area contributed by atoms with E-state index in [1.807, 2.05) is 6.07 Å². The van der Waals surface area contributed by atoms with Crippen LogP contribution in [0, 0.1) is 0 Å². The zero-order chi connectivity index (χ0) is 37.6. The smallest absolute Gasteiger partial charge is 0.416 e. The number of aromatic nitrogens is 6. The first-order valence-corrected chi connectivity index (χ1v) is 18.1. The highest BCUT2D eigenvalue weighted by molar-refractivity contribution is 7.17. The van der Waals surface area contributed by atoms with Gasteiger partial charge in [0.1, 0.15) is 27.0 Å². The predicted octanol–water partition coefficient (Wildman–Crippen LogP) is 6.42. The van der Waals surface area contributed by atoms with Crippen molar-refractivity contribution in [1.82, 2.24) is 29.2 Å². The molecule has 8 rings (SSSR count). The molecule has 2 fully saturated rings. The number of aldehydes is 2. The Morgan fingerprint density at radius 1 is 0.830 bits per heavy atom. The molecule has 2 aliphatic rings. The molecular formula is C35H32N8O8S2. The van der Waals surface area contributed by atoms with Gasteiger partial charge in [0.15, 0.2) is 23.9 Å². The first-order valence-electron chi connectivity index (χ1n) is 16.5. The van der Waals surface area contributed by atoms with E-state index < -0.39 is 23.6 Å². The van der Waals surface area contributed by atoms with Crippen molar-refractivity contribution in [2.75, 3.05) is 10.2 Å². The van der Waals surface area contributed by atoms with Crippen LogP contribution in [0.15, 0.2) is 48.8 Å². The number of carbonyl (C=O) groups is 5. The normalized spacial score (nSPS) is 14.0. The number of amides is 1. The highest BCUT2D eigenvalue weighted by atomic mass is 32.1. The van der Waals surface area contributed by atoms with Crippen molar-refractivity contribution in [3.63, 3.8) is 0 Å². The third-order valence-corrected chi connectivity index (χ3v) is 10.2. The van der Waals surface area contributed by atoms with Crippen LogP contribution in [0.3, 0.4) is 0 Å². The maximum absolute atomic E-state index is 13.0. The zero-order valence-corrected chi connectivity index (χ0v) is 30.2. The molecule has 6 heterocycles. The van der Waals surface area contributed by atoms with Crippen molar-refractivity contribution in [1.29, 1.82) is 0 Å². The highest BCUT2D eigenvalue weighted by Gasteiger charge is 2.38. The molecule has 3 N–H and O–H groups in total. The van der Waals surface area contributed by atoms with Gasteiger partial charge < -0.3 is 20.3 Å². The molecule has 16 nitrogen and oxygen atoms in total. The number of ether oxygens (including phenoxy) is 1. The monoisotopic (exact) mass is 756 g/mol. The molecule has 18 heteroatoms. The van der Waals surface area contributed by atoms with Crippen molar-refractivity contribution < 1.29 is 38.9 Å². The molecule has 2 aliphatic carbocycles. The van der Waals surface area contributed by atoms with Crippen molar-refractivity contribution >= 4 is 76.2 Å². The van der Waals surface area contributed by atoms with E-state index >= 15 is 0 Å². The number of thiophene rings is 2. The van der Waals surface area contributed by atoms with Crippen LogP contribution in [0.2, 0.25) is 0 Å². The van der Waals surface area contributed by atoms with Crippen LogP contribution in [0.4, 0.5) is 16.4 Å². The van der Waals surface area contributed by atoms with Crippen LogP contribution < -0.4 is 10.2 Å². The van der Waals surface area contributed by atoms with Gasteiger partial charge in [0.2, 0.25) is 0 Å². The Balaban J connectivity index is 0.000000170. The van der Waals surface area contributed by atoms with E-state index in [0.717, 1.165) is 65.3 Å². The molecule has 0 radical (unpaired) electrons. The average molecular weight is 757 g/mol. The van der Waals surface area contributed by atoms with Gasteiger partial charge in [0.05, 0.1) is 44.7 Å². The van der Waals surface area contributed by atoms with Gasteiger partial charge in [-0.05, 0) is 70.7 Å². The summed E-state index contributed by atoms with van der Waals surface area (Å²) in [6.07, 6.45) is 7.57. The highest BCUT2D eigenvalue weighted by Crippen LogP contribution is 2.37. The van der Waals surface area contributed by atoms with E-state index in [1.54, 1.807) is 49.6 Å². The fourth-order valence-corrected chi connectivity index (χ4v) is 6.94. The Morgan fingerprint density at radius 3 is 1.83 bits per heavy atom. The lowest BCUT2D eigenvalue weighted by Crippen LogP contribution is -2.39. The van der Waals surface area contributed by atoms with Crippen LogP contribution in [-0.4, -0.2) is 87.7 Å². The molecule has 1 amide bonds. The number of anilines is 2. The van der Waals surface area contributed by atoms with Gasteiger partial charge in [-0.2, -0.15) is 19.2 Å². The Hall–Kier alpha value is -6.01. The molecule has 0 aliphatic heterocycles. The van der Waals surface area contributed by atoms with E-state index in [4.69, 9.17) is 9.84 Å². The molecule has 2 saturated carbocycles. The number of fused-ring (bicyclic) bond motifs is 2. The van der Waals surface area contributed by atoms with E-state index in [0.29, 0.717) is 45.6 Å². The number of nitrogens with zero attached hydrogens (tertiary/aromatic N) is 7. The number of nitrogens with one attached hydrogen (secondary N) is 1. The summed E-state index contributed by atoms with van der Waals surface area (Å²) in [5.74, 6) is -0.813. The first kappa shape index (κ1) is 35.4. The third-order valence-electron chi connectivity index (χ3n) is 8.05. The van der Waals surface area contributed by atoms with Crippen molar-refractivity contribution in [3.8, 4) is 21.1 Å². The zero-order valence-electron chi connectivity index (χ0n) is 28.5. The van der Waals surface area contributed by atoms with E-state index in [2.05, 4.69) is 25.5 Å². The second-order valence-electron chi connectivity index (χ2n) is 13.4. The molecule has 0 spiro atoms. The maximum Gasteiger partial charge on any atom is 0.416 e. The molecule has 6 aromatic rings. The molecule has 6 aromatic heterocycles. The molecule has 0 bridgehead atoms. The number of carbonyl (C=O) groups excluding carboxylic acids is 3. The minimum Gasteiger partial charge on any atom is -0.477 e. The van der Waals surface area contributed by atoms with Gasteiger partial charge >= 0.3 is 18.0 Å². The molecule has 272 valence electrons. The van der Waals surface area contributed by atoms with Crippen LogP contribution >= 0.6 is 22.7 Å². The Labute approximate surface area is 308 Å². The standard InChI is InChI=1S/C20H20N4O5S.C15H12N4O3S/c1-20(2,3)29-19(28)23(12-4-5-12)16-8-13(14-6-7-15(30-14)18(26)27)22-17-11(10-25)9-21-24(16)17;20-7-8-6-16-19-13(17-9-1-2-9)5-10(18-14(8)19)11-3-4-12(23-11)15(21)22/h6-10,12H,4-5H2,1-3H3,(H,26,27);3-7,9,17H,1-2H2,(H,21,22). The van der Waals surface area contributed by atoms with Crippen molar-refractivity contribution in [3.05, 3.63) is 69.7 Å². The fourth-order valence-electron chi connectivity index (χ4n) is 5.33. The summed E-state index contributed by atoms with van der Waals surface area (Å²) in [5, 5.41) is 30.1. The molecular weight excluding hydrogens is 725 g/mol. The largest absolute Gasteiger partial charge is 0.477 e. The van der Waals surface area contributed by atoms with E-state index in [9.17, 15) is 29.1 Å².